The van der Waals surface area contributed by atoms with Gasteiger partial charge in [-0.15, -0.1) is 0 Å². The summed E-state index contributed by atoms with van der Waals surface area (Å²) in [4.78, 5) is 11.5. The molecule has 2 aliphatic heterocycles. The Morgan fingerprint density at radius 3 is 2.57 bits per heavy atom. The van der Waals surface area contributed by atoms with Gasteiger partial charge >= 0.3 is 0 Å². The van der Waals surface area contributed by atoms with Crippen molar-refractivity contribution in [3.63, 3.8) is 0 Å². The fraction of sp³-hybridized carbons (Fsp3) is 0.900. The molecule has 2 saturated heterocycles. The Bertz CT molecular complexity index is 236. The third-order valence-electron chi connectivity index (χ3n) is 3.37. The number of hydrogen-bond donors (Lipinski definition) is 3. The summed E-state index contributed by atoms with van der Waals surface area (Å²) in [6.07, 6.45) is 0.979. The normalized spacial score (nSPS) is 34.1. The Kier molecular flexibility index (Phi) is 2.49. The van der Waals surface area contributed by atoms with Crippen LogP contribution in [0.15, 0.2) is 0 Å². The van der Waals surface area contributed by atoms with Gasteiger partial charge in [-0.3, -0.25) is 4.79 Å². The van der Waals surface area contributed by atoms with E-state index in [1.165, 1.54) is 0 Å². The quantitative estimate of drug-likeness (QED) is 0.570. The van der Waals surface area contributed by atoms with E-state index in [0.29, 0.717) is 11.5 Å². The third-order valence-corrected chi connectivity index (χ3v) is 3.37. The minimum absolute atomic E-state index is 0.0678. The highest BCUT2D eigenvalue weighted by Crippen LogP contribution is 2.27. The molecule has 2 fully saturated rings. The predicted molar refractivity (Wildman–Crippen MR) is 55.0 cm³/mol. The van der Waals surface area contributed by atoms with E-state index in [2.05, 4.69) is 29.8 Å². The average Bonchev–Trinajstić information content (AvgIpc) is 1.99. The highest BCUT2D eigenvalue weighted by atomic mass is 16.2. The van der Waals surface area contributed by atoms with E-state index < -0.39 is 0 Å². The van der Waals surface area contributed by atoms with Gasteiger partial charge in [0.1, 0.15) is 0 Å². The van der Waals surface area contributed by atoms with Crippen molar-refractivity contribution < 1.29 is 4.79 Å². The standard InChI is InChI=1S/C10H19N3O/c1-10(2)6-13-8(10)5-12-9(14)7-3-4-11-7/h7-8,11,13H,3-6H2,1-2H3,(H,12,14)/t7-,8?/m1/s1. The van der Waals surface area contributed by atoms with Gasteiger partial charge in [-0.1, -0.05) is 13.8 Å². The number of carbonyl (C=O) groups is 1. The predicted octanol–water partition coefficient (Wildman–Crippen LogP) is -0.537. The second-order valence-corrected chi connectivity index (χ2v) is 4.96. The van der Waals surface area contributed by atoms with Gasteiger partial charge in [0.25, 0.3) is 0 Å². The van der Waals surface area contributed by atoms with Crippen LogP contribution in [0.3, 0.4) is 0 Å². The van der Waals surface area contributed by atoms with Crippen LogP contribution in [0.5, 0.6) is 0 Å². The maximum atomic E-state index is 11.5. The maximum Gasteiger partial charge on any atom is 0.237 e. The number of amides is 1. The van der Waals surface area contributed by atoms with Crippen LogP contribution < -0.4 is 16.0 Å². The molecule has 0 aromatic carbocycles. The molecule has 4 nitrogen and oxygen atoms in total. The van der Waals surface area contributed by atoms with E-state index in [1.807, 2.05) is 0 Å². The van der Waals surface area contributed by atoms with Gasteiger partial charge in [0.2, 0.25) is 5.91 Å². The minimum Gasteiger partial charge on any atom is -0.353 e. The highest BCUT2D eigenvalue weighted by molar-refractivity contribution is 5.82. The lowest BCUT2D eigenvalue weighted by atomic mass is 9.77. The van der Waals surface area contributed by atoms with Crippen molar-refractivity contribution in [3.8, 4) is 0 Å². The summed E-state index contributed by atoms with van der Waals surface area (Å²) in [5, 5.41) is 9.40. The molecule has 3 N–H and O–H groups in total. The summed E-state index contributed by atoms with van der Waals surface area (Å²) in [5.74, 6) is 0.153. The van der Waals surface area contributed by atoms with Crippen LogP contribution in [0, 0.1) is 5.41 Å². The zero-order valence-electron chi connectivity index (χ0n) is 8.89. The van der Waals surface area contributed by atoms with Crippen molar-refractivity contribution in [1.29, 1.82) is 0 Å². The van der Waals surface area contributed by atoms with E-state index in [-0.39, 0.29) is 11.9 Å². The molecule has 0 saturated carbocycles. The molecule has 2 atom stereocenters. The molecule has 1 unspecified atom stereocenters. The van der Waals surface area contributed by atoms with Gasteiger partial charge in [0, 0.05) is 19.1 Å². The van der Waals surface area contributed by atoms with Crippen LogP contribution in [0.2, 0.25) is 0 Å². The molecule has 0 aromatic heterocycles. The first kappa shape index (κ1) is 9.93. The number of hydrogen-bond acceptors (Lipinski definition) is 3. The fourth-order valence-electron chi connectivity index (χ4n) is 1.84. The molecule has 2 rings (SSSR count). The zero-order valence-corrected chi connectivity index (χ0v) is 8.89. The van der Waals surface area contributed by atoms with Crippen molar-refractivity contribution in [2.45, 2.75) is 32.4 Å². The smallest absolute Gasteiger partial charge is 0.237 e. The van der Waals surface area contributed by atoms with Crippen LogP contribution in [0.4, 0.5) is 0 Å². The van der Waals surface area contributed by atoms with Crippen molar-refractivity contribution >= 4 is 5.91 Å². The van der Waals surface area contributed by atoms with Crippen LogP contribution in [-0.4, -0.2) is 37.6 Å². The summed E-state index contributed by atoms with van der Waals surface area (Å²) >= 11 is 0. The summed E-state index contributed by atoms with van der Waals surface area (Å²) in [5.41, 5.74) is 0.334. The molecule has 80 valence electrons. The first-order valence-corrected chi connectivity index (χ1v) is 5.34. The second kappa shape index (κ2) is 3.51. The monoisotopic (exact) mass is 197 g/mol. The Labute approximate surface area is 84.8 Å². The van der Waals surface area contributed by atoms with Gasteiger partial charge < -0.3 is 16.0 Å². The first-order valence-electron chi connectivity index (χ1n) is 5.34. The molecule has 0 aliphatic carbocycles. The number of rotatable bonds is 3. The minimum atomic E-state index is 0.0678. The molecular formula is C10H19N3O. The molecule has 0 aromatic rings. The maximum absolute atomic E-state index is 11.5. The van der Waals surface area contributed by atoms with E-state index in [0.717, 1.165) is 26.1 Å². The SMILES string of the molecule is CC1(C)CNC1CNC(=O)[C@H]1CCN1. The Morgan fingerprint density at radius 1 is 1.50 bits per heavy atom. The van der Waals surface area contributed by atoms with E-state index in [1.54, 1.807) is 0 Å². The largest absolute Gasteiger partial charge is 0.353 e. The molecular weight excluding hydrogens is 178 g/mol. The average molecular weight is 197 g/mol. The lowest BCUT2D eigenvalue weighted by Gasteiger charge is -2.46. The topological polar surface area (TPSA) is 53.2 Å². The molecule has 2 aliphatic rings. The summed E-state index contributed by atoms with van der Waals surface area (Å²) < 4.78 is 0. The van der Waals surface area contributed by atoms with Crippen molar-refractivity contribution in [2.75, 3.05) is 19.6 Å². The van der Waals surface area contributed by atoms with E-state index >= 15 is 0 Å². The van der Waals surface area contributed by atoms with Crippen LogP contribution in [-0.2, 0) is 4.79 Å². The van der Waals surface area contributed by atoms with Gasteiger partial charge in [0.15, 0.2) is 0 Å². The highest BCUT2D eigenvalue weighted by Gasteiger charge is 2.38. The Balaban J connectivity index is 1.69. The second-order valence-electron chi connectivity index (χ2n) is 4.96. The number of nitrogens with one attached hydrogen (secondary N) is 3. The third kappa shape index (κ3) is 1.77. The van der Waals surface area contributed by atoms with Gasteiger partial charge in [-0.05, 0) is 18.4 Å². The summed E-state index contributed by atoms with van der Waals surface area (Å²) in [6, 6.07) is 0.504. The van der Waals surface area contributed by atoms with Gasteiger partial charge in [0.05, 0.1) is 6.04 Å². The molecule has 0 bridgehead atoms. The van der Waals surface area contributed by atoms with Gasteiger partial charge in [-0.25, -0.2) is 0 Å². The van der Waals surface area contributed by atoms with Crippen LogP contribution in [0.1, 0.15) is 20.3 Å². The number of carbonyl (C=O) groups excluding carboxylic acids is 1. The molecule has 1 amide bonds. The van der Waals surface area contributed by atoms with Crippen molar-refractivity contribution in [3.05, 3.63) is 0 Å². The van der Waals surface area contributed by atoms with Crippen LogP contribution >= 0.6 is 0 Å². The van der Waals surface area contributed by atoms with Crippen molar-refractivity contribution in [1.82, 2.24) is 16.0 Å². The Morgan fingerprint density at radius 2 is 2.21 bits per heavy atom. The lowest BCUT2D eigenvalue weighted by Crippen LogP contribution is -2.64. The Hall–Kier alpha value is -0.610. The van der Waals surface area contributed by atoms with E-state index in [4.69, 9.17) is 0 Å². The molecule has 0 radical (unpaired) electrons. The first-order chi connectivity index (χ1) is 6.59. The van der Waals surface area contributed by atoms with Gasteiger partial charge in [-0.2, -0.15) is 0 Å². The van der Waals surface area contributed by atoms with E-state index in [9.17, 15) is 4.79 Å². The fourth-order valence-corrected chi connectivity index (χ4v) is 1.84. The molecule has 4 heteroatoms. The zero-order chi connectivity index (χ0) is 10.2. The lowest BCUT2D eigenvalue weighted by molar-refractivity contribution is -0.125. The van der Waals surface area contributed by atoms with Crippen LogP contribution in [0.25, 0.3) is 0 Å². The summed E-state index contributed by atoms with van der Waals surface area (Å²) in [7, 11) is 0. The molecule has 2 heterocycles. The summed E-state index contributed by atoms with van der Waals surface area (Å²) in [6.45, 7) is 7.23. The molecule has 0 spiro atoms. The van der Waals surface area contributed by atoms with Crippen molar-refractivity contribution in [2.24, 2.45) is 5.41 Å². The molecule has 14 heavy (non-hydrogen) atoms.